The van der Waals surface area contributed by atoms with Gasteiger partial charge in [0, 0.05) is 56.5 Å². The highest BCUT2D eigenvalue weighted by atomic mass is 32.1. The molecule has 1 fully saturated rings. The molecule has 192 valence electrons. The highest BCUT2D eigenvalue weighted by molar-refractivity contribution is 7.13. The topological polar surface area (TPSA) is 39.7 Å². The summed E-state index contributed by atoms with van der Waals surface area (Å²) < 4.78 is 6.02. The first-order chi connectivity index (χ1) is 17.0. The molecule has 0 atom stereocenters. The van der Waals surface area contributed by atoms with Gasteiger partial charge in [-0.15, -0.1) is 0 Å². The third kappa shape index (κ3) is 5.03. The van der Waals surface area contributed by atoms with Crippen LogP contribution in [0.15, 0.2) is 36.4 Å². The monoisotopic (exact) mass is 504 g/mol. The van der Waals surface area contributed by atoms with Crippen LogP contribution in [0.4, 0.5) is 11.5 Å². The molecule has 3 heterocycles. The van der Waals surface area contributed by atoms with Gasteiger partial charge >= 0.3 is 0 Å². The maximum atomic E-state index is 13.1. The maximum Gasteiger partial charge on any atom is 0.227 e. The summed E-state index contributed by atoms with van der Waals surface area (Å²) in [6.07, 6.45) is 1.61. The second kappa shape index (κ2) is 9.46. The van der Waals surface area contributed by atoms with Gasteiger partial charge in [-0.1, -0.05) is 58.9 Å². The lowest BCUT2D eigenvalue weighted by molar-refractivity contribution is -0.120. The molecule has 5 rings (SSSR count). The van der Waals surface area contributed by atoms with E-state index in [1.807, 2.05) is 0 Å². The smallest absolute Gasteiger partial charge is 0.227 e. The second-order valence-electron chi connectivity index (χ2n) is 12.5. The number of amides is 1. The molecule has 2 aliphatic rings. The number of aryl methyl sites for hydroxylation is 1. The molecule has 5 nitrogen and oxygen atoms in total. The van der Waals surface area contributed by atoms with E-state index < -0.39 is 0 Å². The van der Waals surface area contributed by atoms with Gasteiger partial charge in [0.05, 0.1) is 10.4 Å². The van der Waals surface area contributed by atoms with Crippen LogP contribution in [-0.4, -0.2) is 54.4 Å². The van der Waals surface area contributed by atoms with E-state index >= 15 is 0 Å². The lowest BCUT2D eigenvalue weighted by Gasteiger charge is -2.42. The first kappa shape index (κ1) is 25.2. The molecule has 0 bridgehead atoms. The fourth-order valence-electron chi connectivity index (χ4n) is 5.78. The molecular formula is C30H40N4OS. The van der Waals surface area contributed by atoms with E-state index in [0.717, 1.165) is 57.2 Å². The Balaban J connectivity index is 1.27. The van der Waals surface area contributed by atoms with Crippen LogP contribution in [0.3, 0.4) is 0 Å². The zero-order valence-corrected chi connectivity index (χ0v) is 23.5. The van der Waals surface area contributed by atoms with Crippen molar-refractivity contribution in [3.05, 3.63) is 53.1 Å². The molecule has 6 heteroatoms. The minimum absolute atomic E-state index is 0.0620. The van der Waals surface area contributed by atoms with Crippen LogP contribution >= 0.6 is 11.5 Å². The summed E-state index contributed by atoms with van der Waals surface area (Å²) in [5.74, 6) is 1.40. The number of aromatic nitrogens is 1. The Morgan fingerprint density at radius 3 is 2.50 bits per heavy atom. The molecule has 36 heavy (non-hydrogen) atoms. The van der Waals surface area contributed by atoms with Crippen molar-refractivity contribution in [2.24, 2.45) is 5.41 Å². The average Bonchev–Trinajstić information content (AvgIpc) is 3.24. The number of anilines is 2. The summed E-state index contributed by atoms with van der Waals surface area (Å²) in [6.45, 7) is 19.3. The molecule has 2 aromatic carbocycles. The van der Waals surface area contributed by atoms with Crippen LogP contribution in [0.2, 0.25) is 0 Å². The number of hydrogen-bond donors (Lipinski definition) is 0. The second-order valence-corrected chi connectivity index (χ2v) is 13.3. The molecule has 1 saturated heterocycles. The summed E-state index contributed by atoms with van der Waals surface area (Å²) in [7, 11) is 0. The zero-order valence-electron chi connectivity index (χ0n) is 22.7. The molecule has 0 N–H and O–H groups in total. The normalized spacial score (nSPS) is 18.7. The highest BCUT2D eigenvalue weighted by Gasteiger charge is 2.39. The van der Waals surface area contributed by atoms with Gasteiger partial charge < -0.3 is 9.80 Å². The first-order valence-electron chi connectivity index (χ1n) is 13.3. The fraction of sp³-hybridized carbons (Fsp3) is 0.533. The van der Waals surface area contributed by atoms with Gasteiger partial charge in [0.25, 0.3) is 0 Å². The van der Waals surface area contributed by atoms with E-state index in [0.29, 0.717) is 6.42 Å². The first-order valence-corrected chi connectivity index (χ1v) is 14.1. The summed E-state index contributed by atoms with van der Waals surface area (Å²) in [4.78, 5) is 20.2. The van der Waals surface area contributed by atoms with Crippen molar-refractivity contribution in [3.8, 4) is 0 Å². The van der Waals surface area contributed by atoms with Crippen LogP contribution in [0.5, 0.6) is 0 Å². The Bertz CT molecular complexity index is 1260. The van der Waals surface area contributed by atoms with Crippen molar-refractivity contribution in [1.82, 2.24) is 9.27 Å². The minimum Gasteiger partial charge on any atom is -0.353 e. The SMILES string of the molecule is Cc1cc(CCN2CCN(c3nsc4ccccc34)CC2)cc2c1N(CC(C)(C)C)C(=O)CC2(C)C. The summed E-state index contributed by atoms with van der Waals surface area (Å²) in [5.41, 5.74) is 5.03. The number of fused-ring (bicyclic) bond motifs is 2. The molecule has 1 aromatic heterocycles. The van der Waals surface area contributed by atoms with Gasteiger partial charge in [-0.3, -0.25) is 9.69 Å². The number of carbonyl (C=O) groups is 1. The Morgan fingerprint density at radius 2 is 1.78 bits per heavy atom. The molecule has 0 saturated carbocycles. The standard InChI is InChI=1S/C30H40N4OS/c1-21-17-22(18-24-27(21)34(20-29(2,3)4)26(35)19-30(24,5)6)11-12-32-13-15-33(16-14-32)28-23-9-7-8-10-25(23)36-31-28/h7-10,17-18H,11-16,19-20H2,1-6H3. The zero-order chi connectivity index (χ0) is 25.7. The van der Waals surface area contributed by atoms with Crippen molar-refractivity contribution < 1.29 is 4.79 Å². The van der Waals surface area contributed by atoms with E-state index in [1.165, 1.54) is 26.8 Å². The van der Waals surface area contributed by atoms with Gasteiger partial charge in [0.15, 0.2) is 0 Å². The molecule has 1 amide bonds. The van der Waals surface area contributed by atoms with E-state index in [1.54, 1.807) is 11.5 Å². The van der Waals surface area contributed by atoms with Gasteiger partial charge in [-0.2, -0.15) is 4.37 Å². The number of piperazine rings is 1. The largest absolute Gasteiger partial charge is 0.353 e. The number of benzene rings is 2. The van der Waals surface area contributed by atoms with Crippen molar-refractivity contribution in [3.63, 3.8) is 0 Å². The van der Waals surface area contributed by atoms with Gasteiger partial charge in [0.2, 0.25) is 5.91 Å². The highest BCUT2D eigenvalue weighted by Crippen LogP contribution is 2.43. The number of rotatable bonds is 5. The van der Waals surface area contributed by atoms with Crippen LogP contribution in [-0.2, 0) is 16.6 Å². The lowest BCUT2D eigenvalue weighted by atomic mass is 9.75. The van der Waals surface area contributed by atoms with Gasteiger partial charge in [-0.05, 0) is 59.1 Å². The number of carbonyl (C=O) groups excluding carboxylic acids is 1. The Kier molecular flexibility index (Phi) is 6.63. The predicted molar refractivity (Wildman–Crippen MR) is 153 cm³/mol. The van der Waals surface area contributed by atoms with Crippen LogP contribution < -0.4 is 9.80 Å². The lowest BCUT2D eigenvalue weighted by Crippen LogP contribution is -2.47. The molecule has 0 spiro atoms. The van der Waals surface area contributed by atoms with Crippen LogP contribution in [0.25, 0.3) is 10.1 Å². The van der Waals surface area contributed by atoms with Crippen molar-refractivity contribution in [2.45, 2.75) is 59.8 Å². The summed E-state index contributed by atoms with van der Waals surface area (Å²) >= 11 is 1.60. The Morgan fingerprint density at radius 1 is 1.06 bits per heavy atom. The Labute approximate surface area is 220 Å². The van der Waals surface area contributed by atoms with Crippen molar-refractivity contribution in [1.29, 1.82) is 0 Å². The third-order valence-electron chi connectivity index (χ3n) is 7.63. The van der Waals surface area contributed by atoms with E-state index in [9.17, 15) is 4.79 Å². The summed E-state index contributed by atoms with van der Waals surface area (Å²) in [6, 6.07) is 13.3. The molecule has 0 aliphatic carbocycles. The van der Waals surface area contributed by atoms with Crippen LogP contribution in [0.1, 0.15) is 57.7 Å². The molecule has 3 aromatic rings. The minimum atomic E-state index is -0.135. The molecule has 0 radical (unpaired) electrons. The molecule has 2 aliphatic heterocycles. The van der Waals surface area contributed by atoms with E-state index in [4.69, 9.17) is 4.37 Å². The van der Waals surface area contributed by atoms with Gasteiger partial charge in [0.1, 0.15) is 5.82 Å². The van der Waals surface area contributed by atoms with Crippen molar-refractivity contribution >= 4 is 39.0 Å². The predicted octanol–water partition coefficient (Wildman–Crippen LogP) is 6.03. The van der Waals surface area contributed by atoms with E-state index in [2.05, 4.69) is 92.6 Å². The van der Waals surface area contributed by atoms with E-state index in [-0.39, 0.29) is 16.7 Å². The number of hydrogen-bond acceptors (Lipinski definition) is 5. The average molecular weight is 505 g/mol. The Hall–Kier alpha value is -2.44. The third-order valence-corrected chi connectivity index (χ3v) is 8.45. The maximum absolute atomic E-state index is 13.1. The summed E-state index contributed by atoms with van der Waals surface area (Å²) in [5, 5.41) is 1.28. The molecule has 0 unspecified atom stereocenters. The van der Waals surface area contributed by atoms with Crippen molar-refractivity contribution in [2.75, 3.05) is 49.1 Å². The quantitative estimate of drug-likeness (QED) is 0.425. The van der Waals surface area contributed by atoms with Crippen LogP contribution in [0, 0.1) is 12.3 Å². The van der Waals surface area contributed by atoms with Gasteiger partial charge in [-0.25, -0.2) is 0 Å². The number of nitrogens with zero attached hydrogens (tertiary/aromatic N) is 4. The fourth-order valence-corrected chi connectivity index (χ4v) is 6.57. The molecular weight excluding hydrogens is 464 g/mol.